The van der Waals surface area contributed by atoms with Crippen LogP contribution in [0.3, 0.4) is 0 Å². The van der Waals surface area contributed by atoms with Gasteiger partial charge in [-0.3, -0.25) is 14.6 Å². The minimum absolute atomic E-state index is 0.0642. The van der Waals surface area contributed by atoms with Gasteiger partial charge in [-0.2, -0.15) is 0 Å². The molecular formula is C14H17N3O2. The zero-order chi connectivity index (χ0) is 13.5. The zero-order valence-electron chi connectivity index (χ0n) is 11.0. The second-order valence-corrected chi connectivity index (χ2v) is 5.59. The van der Waals surface area contributed by atoms with Gasteiger partial charge in [0, 0.05) is 56.5 Å². The molecule has 5 nitrogen and oxygen atoms in total. The second-order valence-electron chi connectivity index (χ2n) is 5.59. The Bertz CT molecular complexity index is 509. The molecule has 2 fully saturated rings. The number of carbonyl (C=O) groups is 2. The third-order valence-electron chi connectivity index (χ3n) is 4.15. The maximum absolute atomic E-state index is 12.2. The molecule has 0 aliphatic carbocycles. The van der Waals surface area contributed by atoms with Crippen LogP contribution in [0, 0.1) is 5.41 Å². The molecule has 0 N–H and O–H groups in total. The number of carbonyl (C=O) groups excluding carboxylic acids is 2. The number of amides is 2. The summed E-state index contributed by atoms with van der Waals surface area (Å²) in [6.45, 7) is 4.75. The van der Waals surface area contributed by atoms with Crippen molar-refractivity contribution >= 4 is 11.8 Å². The van der Waals surface area contributed by atoms with E-state index >= 15 is 0 Å². The molecule has 2 aliphatic rings. The van der Waals surface area contributed by atoms with E-state index in [9.17, 15) is 9.59 Å². The molecule has 0 aromatic carbocycles. The lowest BCUT2D eigenvalue weighted by Crippen LogP contribution is -2.59. The van der Waals surface area contributed by atoms with Crippen molar-refractivity contribution < 1.29 is 9.59 Å². The molecule has 19 heavy (non-hydrogen) atoms. The highest BCUT2D eigenvalue weighted by Crippen LogP contribution is 2.40. The maximum Gasteiger partial charge on any atom is 0.254 e. The summed E-state index contributed by atoms with van der Waals surface area (Å²) in [7, 11) is 0. The molecule has 2 saturated heterocycles. The molecule has 1 spiro atoms. The fraction of sp³-hybridized carbons (Fsp3) is 0.500. The molecule has 0 saturated carbocycles. The van der Waals surface area contributed by atoms with Crippen LogP contribution in [0.15, 0.2) is 24.5 Å². The summed E-state index contributed by atoms with van der Waals surface area (Å²) in [4.78, 5) is 31.2. The molecule has 5 heteroatoms. The van der Waals surface area contributed by atoms with Gasteiger partial charge in [-0.1, -0.05) is 0 Å². The normalized spacial score (nSPS) is 20.5. The molecule has 3 heterocycles. The summed E-state index contributed by atoms with van der Waals surface area (Å²) >= 11 is 0. The topological polar surface area (TPSA) is 53.5 Å². The monoisotopic (exact) mass is 259 g/mol. The third kappa shape index (κ3) is 2.09. The minimum atomic E-state index is 0.0642. The second kappa shape index (κ2) is 4.33. The van der Waals surface area contributed by atoms with Crippen LogP contribution in [0.2, 0.25) is 0 Å². The molecule has 2 amide bonds. The van der Waals surface area contributed by atoms with Crippen LogP contribution >= 0.6 is 0 Å². The Kier molecular flexibility index (Phi) is 2.77. The highest BCUT2D eigenvalue weighted by atomic mass is 16.2. The van der Waals surface area contributed by atoms with Gasteiger partial charge in [0.25, 0.3) is 5.91 Å². The quantitative estimate of drug-likeness (QED) is 0.748. The predicted molar refractivity (Wildman–Crippen MR) is 69.4 cm³/mol. The SMILES string of the molecule is CC(=O)N1CCC2(C1)CN(C(=O)c1ccncc1)C2. The van der Waals surface area contributed by atoms with Gasteiger partial charge in [0.05, 0.1) is 0 Å². The Labute approximate surface area is 112 Å². The summed E-state index contributed by atoms with van der Waals surface area (Å²) in [6.07, 6.45) is 4.28. The van der Waals surface area contributed by atoms with Gasteiger partial charge < -0.3 is 9.80 Å². The molecule has 0 bridgehead atoms. The van der Waals surface area contributed by atoms with Gasteiger partial charge in [0.15, 0.2) is 0 Å². The summed E-state index contributed by atoms with van der Waals surface area (Å²) in [5, 5.41) is 0. The third-order valence-corrected chi connectivity index (χ3v) is 4.15. The summed E-state index contributed by atoms with van der Waals surface area (Å²) in [5.74, 6) is 0.199. The Morgan fingerprint density at radius 1 is 1.16 bits per heavy atom. The van der Waals surface area contributed by atoms with Gasteiger partial charge in [0.1, 0.15) is 0 Å². The molecule has 0 unspecified atom stereocenters. The molecular weight excluding hydrogens is 242 g/mol. The van der Waals surface area contributed by atoms with E-state index in [0.29, 0.717) is 5.56 Å². The Morgan fingerprint density at radius 2 is 1.79 bits per heavy atom. The van der Waals surface area contributed by atoms with Crippen LogP contribution in [0.1, 0.15) is 23.7 Å². The van der Waals surface area contributed by atoms with Gasteiger partial charge in [-0.05, 0) is 18.6 Å². The predicted octanol–water partition coefficient (Wildman–Crippen LogP) is 0.776. The highest BCUT2D eigenvalue weighted by Gasteiger charge is 2.49. The van der Waals surface area contributed by atoms with Crippen molar-refractivity contribution in [3.63, 3.8) is 0 Å². The molecule has 0 radical (unpaired) electrons. The number of nitrogens with zero attached hydrogens (tertiary/aromatic N) is 3. The van der Waals surface area contributed by atoms with E-state index in [0.717, 1.165) is 32.6 Å². The molecule has 3 rings (SSSR count). The molecule has 1 aromatic heterocycles. The van der Waals surface area contributed by atoms with E-state index in [1.165, 1.54) is 0 Å². The van der Waals surface area contributed by atoms with Gasteiger partial charge in [-0.15, -0.1) is 0 Å². The van der Waals surface area contributed by atoms with Crippen LogP contribution in [0.4, 0.5) is 0 Å². The first-order chi connectivity index (χ1) is 9.10. The van der Waals surface area contributed by atoms with Crippen molar-refractivity contribution in [2.45, 2.75) is 13.3 Å². The molecule has 0 atom stereocenters. The highest BCUT2D eigenvalue weighted by molar-refractivity contribution is 5.94. The van der Waals surface area contributed by atoms with Crippen LogP contribution < -0.4 is 0 Å². The zero-order valence-corrected chi connectivity index (χ0v) is 11.0. The van der Waals surface area contributed by atoms with E-state index in [4.69, 9.17) is 0 Å². The lowest BCUT2D eigenvalue weighted by Gasteiger charge is -2.48. The number of aromatic nitrogens is 1. The van der Waals surface area contributed by atoms with Crippen LogP contribution in [-0.4, -0.2) is 52.8 Å². The van der Waals surface area contributed by atoms with Gasteiger partial charge in [-0.25, -0.2) is 0 Å². The first-order valence-corrected chi connectivity index (χ1v) is 6.55. The van der Waals surface area contributed by atoms with Crippen LogP contribution in [0.5, 0.6) is 0 Å². The van der Waals surface area contributed by atoms with Crippen molar-refractivity contribution in [2.24, 2.45) is 5.41 Å². The van der Waals surface area contributed by atoms with Crippen molar-refractivity contribution in [1.29, 1.82) is 0 Å². The average molecular weight is 259 g/mol. The Hall–Kier alpha value is -1.91. The first-order valence-electron chi connectivity index (χ1n) is 6.55. The minimum Gasteiger partial charge on any atom is -0.342 e. The van der Waals surface area contributed by atoms with E-state index in [1.807, 2.05) is 9.80 Å². The average Bonchev–Trinajstić information content (AvgIpc) is 2.83. The number of likely N-dealkylation sites (tertiary alicyclic amines) is 2. The fourth-order valence-electron chi connectivity index (χ4n) is 3.05. The van der Waals surface area contributed by atoms with Crippen molar-refractivity contribution in [3.8, 4) is 0 Å². The standard InChI is InChI=1S/C14H17N3O2/c1-11(18)16-7-4-14(8-16)9-17(10-14)13(19)12-2-5-15-6-3-12/h2-3,5-6H,4,7-10H2,1H3. The Morgan fingerprint density at radius 3 is 2.37 bits per heavy atom. The largest absolute Gasteiger partial charge is 0.342 e. The molecule has 1 aromatic rings. The first kappa shape index (κ1) is 12.1. The van der Waals surface area contributed by atoms with Crippen molar-refractivity contribution in [1.82, 2.24) is 14.8 Å². The van der Waals surface area contributed by atoms with Gasteiger partial charge >= 0.3 is 0 Å². The Balaban J connectivity index is 1.62. The summed E-state index contributed by atoms with van der Waals surface area (Å²) in [6, 6.07) is 3.48. The van der Waals surface area contributed by atoms with Crippen molar-refractivity contribution in [3.05, 3.63) is 30.1 Å². The van der Waals surface area contributed by atoms with E-state index in [1.54, 1.807) is 31.5 Å². The molecule has 2 aliphatic heterocycles. The van der Waals surface area contributed by atoms with Gasteiger partial charge in [0.2, 0.25) is 5.91 Å². The number of hydrogen-bond donors (Lipinski definition) is 0. The number of hydrogen-bond acceptors (Lipinski definition) is 3. The van der Waals surface area contributed by atoms with Crippen LogP contribution in [0.25, 0.3) is 0 Å². The molecule has 100 valence electrons. The maximum atomic E-state index is 12.2. The van der Waals surface area contributed by atoms with E-state index in [-0.39, 0.29) is 17.2 Å². The lowest BCUT2D eigenvalue weighted by molar-refractivity contribution is -0.128. The smallest absolute Gasteiger partial charge is 0.254 e. The van der Waals surface area contributed by atoms with Crippen molar-refractivity contribution in [2.75, 3.05) is 26.2 Å². The summed E-state index contributed by atoms with van der Waals surface area (Å²) in [5.41, 5.74) is 0.834. The van der Waals surface area contributed by atoms with E-state index in [2.05, 4.69) is 4.98 Å². The van der Waals surface area contributed by atoms with E-state index < -0.39 is 0 Å². The lowest BCUT2D eigenvalue weighted by atomic mass is 9.79. The number of rotatable bonds is 1. The number of pyridine rings is 1. The fourth-order valence-corrected chi connectivity index (χ4v) is 3.05. The van der Waals surface area contributed by atoms with Crippen LogP contribution in [-0.2, 0) is 4.79 Å². The summed E-state index contributed by atoms with van der Waals surface area (Å²) < 4.78 is 0.